The fourth-order valence-corrected chi connectivity index (χ4v) is 5.23. The van der Waals surface area contributed by atoms with Crippen LogP contribution < -0.4 is 0 Å². The maximum atomic E-state index is 14.6. The minimum atomic E-state index is -1.67. The van der Waals surface area contributed by atoms with Crippen LogP contribution in [-0.2, 0) is 12.1 Å². The van der Waals surface area contributed by atoms with E-state index in [1.807, 2.05) is 12.1 Å². The van der Waals surface area contributed by atoms with Gasteiger partial charge in [0.15, 0.2) is 5.65 Å². The van der Waals surface area contributed by atoms with E-state index < -0.39 is 22.5 Å². The Kier molecular flexibility index (Phi) is 5.09. The first-order valence-corrected chi connectivity index (χ1v) is 10.00. The second-order valence-corrected chi connectivity index (χ2v) is 8.63. The summed E-state index contributed by atoms with van der Waals surface area (Å²) in [5, 5.41) is 15.9. The van der Waals surface area contributed by atoms with Crippen LogP contribution in [0.3, 0.4) is 0 Å². The summed E-state index contributed by atoms with van der Waals surface area (Å²) >= 11 is 2.63. The molecule has 1 N–H and O–H groups in total. The number of thioether (sulfide) groups is 1. The molecule has 3 aromatic heterocycles. The molecule has 0 saturated carbocycles. The number of halogens is 2. The van der Waals surface area contributed by atoms with Crippen molar-refractivity contribution in [3.63, 3.8) is 0 Å². The van der Waals surface area contributed by atoms with E-state index in [0.29, 0.717) is 5.65 Å². The molecule has 0 aliphatic heterocycles. The lowest BCUT2D eigenvalue weighted by molar-refractivity contribution is 0.0134. The summed E-state index contributed by atoms with van der Waals surface area (Å²) in [6.07, 6.45) is 4.44. The second kappa shape index (κ2) is 7.53. The fraction of sp³-hybridized carbons (Fsp3) is 0.222. The third kappa shape index (κ3) is 3.50. The van der Waals surface area contributed by atoms with Crippen molar-refractivity contribution in [3.05, 3.63) is 66.4 Å². The van der Waals surface area contributed by atoms with Crippen LogP contribution >= 0.6 is 23.3 Å². The molecular weight excluding hydrogens is 404 g/mol. The molecule has 144 valence electrons. The van der Waals surface area contributed by atoms with E-state index in [1.165, 1.54) is 46.7 Å². The molecule has 0 bridgehead atoms. The summed E-state index contributed by atoms with van der Waals surface area (Å²) in [5.74, 6) is -1.52. The Morgan fingerprint density at radius 3 is 2.93 bits per heavy atom. The lowest BCUT2D eigenvalue weighted by atomic mass is 9.90. The van der Waals surface area contributed by atoms with Gasteiger partial charge in [0.1, 0.15) is 29.9 Å². The Morgan fingerprint density at radius 1 is 1.32 bits per heavy atom. The van der Waals surface area contributed by atoms with Crippen molar-refractivity contribution >= 4 is 34.3 Å². The first-order chi connectivity index (χ1) is 13.5. The number of rotatable bonds is 6. The number of aliphatic hydroxyl groups is 1. The van der Waals surface area contributed by atoms with E-state index in [4.69, 9.17) is 0 Å². The van der Waals surface area contributed by atoms with E-state index in [9.17, 15) is 13.9 Å². The predicted octanol–water partition coefficient (Wildman–Crippen LogP) is 3.63. The third-order valence-corrected chi connectivity index (χ3v) is 6.78. The van der Waals surface area contributed by atoms with Crippen molar-refractivity contribution in [2.24, 2.45) is 0 Å². The molecule has 0 radical (unpaired) electrons. The maximum Gasteiger partial charge on any atom is 0.173 e. The van der Waals surface area contributed by atoms with Crippen LogP contribution in [0.2, 0.25) is 0 Å². The van der Waals surface area contributed by atoms with Crippen LogP contribution in [0.15, 0.2) is 53.4 Å². The zero-order chi connectivity index (χ0) is 19.7. The van der Waals surface area contributed by atoms with Gasteiger partial charge in [0.05, 0.1) is 10.8 Å². The van der Waals surface area contributed by atoms with Crippen LogP contribution in [0.4, 0.5) is 8.78 Å². The quantitative estimate of drug-likeness (QED) is 0.481. The lowest BCUT2D eigenvalue weighted by Gasteiger charge is -2.34. The topological polar surface area (TPSA) is 76.7 Å². The first-order valence-electron chi connectivity index (χ1n) is 8.35. The molecule has 6 nitrogen and oxygen atoms in total. The molecular formula is C18H15F2N5OS2. The molecule has 1 unspecified atom stereocenters. The van der Waals surface area contributed by atoms with E-state index >= 15 is 0 Å². The highest BCUT2D eigenvalue weighted by atomic mass is 32.2. The van der Waals surface area contributed by atoms with Crippen molar-refractivity contribution in [1.82, 2.24) is 24.1 Å². The Morgan fingerprint density at radius 2 is 2.18 bits per heavy atom. The average Bonchev–Trinajstić information content (AvgIpc) is 3.31. The minimum Gasteiger partial charge on any atom is -0.382 e. The molecule has 28 heavy (non-hydrogen) atoms. The van der Waals surface area contributed by atoms with Crippen molar-refractivity contribution in [2.75, 3.05) is 0 Å². The Labute approximate surface area is 167 Å². The highest BCUT2D eigenvalue weighted by molar-refractivity contribution is 8.01. The number of benzene rings is 1. The summed E-state index contributed by atoms with van der Waals surface area (Å²) in [6, 6.07) is 6.88. The Bertz CT molecular complexity index is 1100. The average molecular weight is 419 g/mol. The van der Waals surface area contributed by atoms with Gasteiger partial charge in [-0.25, -0.2) is 23.4 Å². The standard InChI is InChI=1S/C18H15F2N5OS2/c1-11(27-17-13-3-2-6-22-16(13)24-28-17)18(26,8-25-10-21-9-23-25)14-5-4-12(19)7-15(14)20/h2-7,9-11,26H,8H2,1H3/t11-,18?/m1/s1. The smallest absolute Gasteiger partial charge is 0.173 e. The molecule has 0 fully saturated rings. The largest absolute Gasteiger partial charge is 0.382 e. The van der Waals surface area contributed by atoms with Gasteiger partial charge in [0, 0.05) is 28.5 Å². The minimum absolute atomic E-state index is 0.00338. The molecule has 0 spiro atoms. The van der Waals surface area contributed by atoms with Crippen LogP contribution in [0.25, 0.3) is 11.0 Å². The number of aromatic nitrogens is 5. The summed E-state index contributed by atoms with van der Waals surface area (Å²) in [7, 11) is 0. The van der Waals surface area contributed by atoms with Gasteiger partial charge in [-0.15, -0.1) is 11.8 Å². The summed E-state index contributed by atoms with van der Waals surface area (Å²) in [6.45, 7) is 1.74. The molecule has 2 atom stereocenters. The van der Waals surface area contributed by atoms with Gasteiger partial charge >= 0.3 is 0 Å². The van der Waals surface area contributed by atoms with Gasteiger partial charge in [0.2, 0.25) is 0 Å². The van der Waals surface area contributed by atoms with Crippen molar-refractivity contribution in [2.45, 2.75) is 28.5 Å². The van der Waals surface area contributed by atoms with Gasteiger partial charge in [-0.3, -0.25) is 0 Å². The van der Waals surface area contributed by atoms with Crippen molar-refractivity contribution in [1.29, 1.82) is 0 Å². The molecule has 10 heteroatoms. The van der Waals surface area contributed by atoms with Crippen LogP contribution in [-0.4, -0.2) is 34.5 Å². The monoisotopic (exact) mass is 419 g/mol. The van der Waals surface area contributed by atoms with Gasteiger partial charge in [-0.05, 0) is 36.7 Å². The number of fused-ring (bicyclic) bond motifs is 1. The lowest BCUT2D eigenvalue weighted by Crippen LogP contribution is -2.41. The zero-order valence-electron chi connectivity index (χ0n) is 14.7. The molecule has 1 aromatic carbocycles. The van der Waals surface area contributed by atoms with Crippen molar-refractivity contribution < 1.29 is 13.9 Å². The molecule has 0 aliphatic carbocycles. The SMILES string of the molecule is C[C@@H](Sc1snc2ncccc12)C(O)(Cn1cncn1)c1ccc(F)cc1F. The first kappa shape index (κ1) is 18.9. The second-order valence-electron chi connectivity index (χ2n) is 6.25. The van der Waals surface area contributed by atoms with Crippen LogP contribution in [0.5, 0.6) is 0 Å². The third-order valence-electron chi connectivity index (χ3n) is 4.45. The van der Waals surface area contributed by atoms with E-state index in [1.54, 1.807) is 13.1 Å². The number of hydrogen-bond donors (Lipinski definition) is 1. The fourth-order valence-electron chi connectivity index (χ4n) is 2.94. The highest BCUT2D eigenvalue weighted by Crippen LogP contribution is 2.42. The van der Waals surface area contributed by atoms with Gasteiger partial charge in [-0.2, -0.15) is 9.47 Å². The summed E-state index contributed by atoms with van der Waals surface area (Å²) < 4.78 is 34.6. The summed E-state index contributed by atoms with van der Waals surface area (Å²) in [5.41, 5.74) is -1.05. The van der Waals surface area contributed by atoms with Crippen LogP contribution in [0, 0.1) is 11.6 Å². The number of pyridine rings is 1. The molecule has 0 amide bonds. The Balaban J connectivity index is 1.73. The van der Waals surface area contributed by atoms with Gasteiger partial charge in [0.25, 0.3) is 0 Å². The van der Waals surface area contributed by atoms with E-state index in [-0.39, 0.29) is 12.1 Å². The van der Waals surface area contributed by atoms with E-state index in [0.717, 1.165) is 21.7 Å². The Hall–Kier alpha value is -2.43. The maximum absolute atomic E-state index is 14.6. The molecule has 0 aliphatic rings. The molecule has 4 rings (SSSR count). The van der Waals surface area contributed by atoms with Gasteiger partial charge in [-0.1, -0.05) is 6.07 Å². The van der Waals surface area contributed by atoms with E-state index in [2.05, 4.69) is 19.4 Å². The zero-order valence-corrected chi connectivity index (χ0v) is 16.3. The predicted molar refractivity (Wildman–Crippen MR) is 103 cm³/mol. The molecule has 3 heterocycles. The van der Waals surface area contributed by atoms with Crippen molar-refractivity contribution in [3.8, 4) is 0 Å². The molecule has 4 aromatic rings. The molecule has 0 saturated heterocycles. The summed E-state index contributed by atoms with van der Waals surface area (Å²) in [4.78, 5) is 8.09. The number of hydrogen-bond acceptors (Lipinski definition) is 7. The normalized spacial score (nSPS) is 14.9. The highest BCUT2D eigenvalue weighted by Gasteiger charge is 2.40. The van der Waals surface area contributed by atoms with Gasteiger partial charge < -0.3 is 5.11 Å². The van der Waals surface area contributed by atoms with Crippen LogP contribution in [0.1, 0.15) is 12.5 Å². The number of nitrogens with zero attached hydrogens (tertiary/aromatic N) is 5.